The van der Waals surface area contributed by atoms with Crippen LogP contribution >= 0.6 is 0 Å². The predicted octanol–water partition coefficient (Wildman–Crippen LogP) is 2.68. The van der Waals surface area contributed by atoms with Gasteiger partial charge >= 0.3 is 0 Å². The van der Waals surface area contributed by atoms with Gasteiger partial charge < -0.3 is 10.1 Å². The molecule has 2 heteroatoms. The van der Waals surface area contributed by atoms with E-state index in [1.807, 2.05) is 0 Å². The minimum atomic E-state index is 0.525. The maximum atomic E-state index is 5.19. The Labute approximate surface area is 98.0 Å². The van der Waals surface area contributed by atoms with E-state index in [0.29, 0.717) is 18.6 Å². The van der Waals surface area contributed by atoms with Crippen molar-refractivity contribution in [3.8, 4) is 0 Å². The van der Waals surface area contributed by atoms with E-state index in [1.54, 1.807) is 7.11 Å². The van der Waals surface area contributed by atoms with Crippen LogP contribution in [0.5, 0.6) is 0 Å². The maximum Gasteiger partial charge on any atom is 0.0713 e. The van der Waals surface area contributed by atoms with Crippen LogP contribution in [0.4, 0.5) is 0 Å². The lowest BCUT2D eigenvalue weighted by molar-refractivity contribution is 0.185. The maximum absolute atomic E-state index is 5.19. The van der Waals surface area contributed by atoms with Gasteiger partial charge in [0.25, 0.3) is 0 Å². The Morgan fingerprint density at radius 3 is 2.94 bits per heavy atom. The standard InChI is InChI=1S/C14H21NO/c1-4-15-14-10(2)7-12-6-5-11(9-16-3)8-13(12)14/h5-6,8,10,14-15H,4,7,9H2,1-3H3. The molecule has 2 atom stereocenters. The lowest BCUT2D eigenvalue weighted by Gasteiger charge is -2.18. The van der Waals surface area contributed by atoms with Crippen molar-refractivity contribution in [1.82, 2.24) is 5.32 Å². The van der Waals surface area contributed by atoms with Gasteiger partial charge in [0.05, 0.1) is 6.61 Å². The fourth-order valence-corrected chi connectivity index (χ4v) is 2.68. The van der Waals surface area contributed by atoms with Crippen molar-refractivity contribution in [1.29, 1.82) is 0 Å². The minimum Gasteiger partial charge on any atom is -0.380 e. The fraction of sp³-hybridized carbons (Fsp3) is 0.571. The summed E-state index contributed by atoms with van der Waals surface area (Å²) in [7, 11) is 1.75. The van der Waals surface area contributed by atoms with Gasteiger partial charge in [-0.15, -0.1) is 0 Å². The van der Waals surface area contributed by atoms with Gasteiger partial charge in [-0.3, -0.25) is 0 Å². The highest BCUT2D eigenvalue weighted by atomic mass is 16.5. The van der Waals surface area contributed by atoms with E-state index in [9.17, 15) is 0 Å². The summed E-state index contributed by atoms with van der Waals surface area (Å²) >= 11 is 0. The molecule has 1 aromatic carbocycles. The van der Waals surface area contributed by atoms with Crippen molar-refractivity contribution >= 4 is 0 Å². The van der Waals surface area contributed by atoms with Crippen molar-refractivity contribution in [3.05, 3.63) is 34.9 Å². The van der Waals surface area contributed by atoms with Crippen LogP contribution in [0.25, 0.3) is 0 Å². The number of benzene rings is 1. The summed E-state index contributed by atoms with van der Waals surface area (Å²) in [5.41, 5.74) is 4.25. The molecule has 0 aromatic heterocycles. The van der Waals surface area contributed by atoms with E-state index in [-0.39, 0.29) is 0 Å². The number of rotatable bonds is 4. The van der Waals surface area contributed by atoms with Crippen LogP contribution in [0.2, 0.25) is 0 Å². The van der Waals surface area contributed by atoms with Crippen LogP contribution in [0.15, 0.2) is 18.2 Å². The lowest BCUT2D eigenvalue weighted by Crippen LogP contribution is -2.23. The van der Waals surface area contributed by atoms with Gasteiger partial charge in [0.2, 0.25) is 0 Å². The summed E-state index contributed by atoms with van der Waals surface area (Å²) in [4.78, 5) is 0. The van der Waals surface area contributed by atoms with E-state index in [1.165, 1.54) is 23.1 Å². The first kappa shape index (κ1) is 11.6. The molecule has 1 N–H and O–H groups in total. The number of hydrogen-bond acceptors (Lipinski definition) is 2. The van der Waals surface area contributed by atoms with Crippen molar-refractivity contribution in [2.45, 2.75) is 32.9 Å². The summed E-state index contributed by atoms with van der Waals surface area (Å²) in [5, 5.41) is 3.58. The summed E-state index contributed by atoms with van der Waals surface area (Å²) in [6.45, 7) is 6.23. The summed E-state index contributed by atoms with van der Waals surface area (Å²) in [6.07, 6.45) is 1.19. The zero-order chi connectivity index (χ0) is 11.5. The first-order valence-electron chi connectivity index (χ1n) is 6.10. The first-order valence-corrected chi connectivity index (χ1v) is 6.10. The quantitative estimate of drug-likeness (QED) is 0.840. The van der Waals surface area contributed by atoms with Crippen molar-refractivity contribution in [3.63, 3.8) is 0 Å². The minimum absolute atomic E-state index is 0.525. The molecule has 0 amide bonds. The molecule has 1 aliphatic carbocycles. The third kappa shape index (κ3) is 2.13. The molecule has 0 aliphatic heterocycles. The predicted molar refractivity (Wildman–Crippen MR) is 66.4 cm³/mol. The van der Waals surface area contributed by atoms with Crippen LogP contribution in [0.1, 0.15) is 36.6 Å². The Bertz CT molecular complexity index is 362. The highest BCUT2D eigenvalue weighted by Gasteiger charge is 2.28. The molecule has 16 heavy (non-hydrogen) atoms. The molecule has 0 heterocycles. The molecular weight excluding hydrogens is 198 g/mol. The molecule has 2 rings (SSSR count). The van der Waals surface area contributed by atoms with Crippen LogP contribution in [-0.4, -0.2) is 13.7 Å². The number of fused-ring (bicyclic) bond motifs is 1. The smallest absolute Gasteiger partial charge is 0.0713 e. The van der Waals surface area contributed by atoms with Crippen molar-refractivity contribution in [2.24, 2.45) is 5.92 Å². The molecule has 1 aliphatic rings. The van der Waals surface area contributed by atoms with Gasteiger partial charge in [-0.25, -0.2) is 0 Å². The van der Waals surface area contributed by atoms with Crippen LogP contribution in [-0.2, 0) is 17.8 Å². The van der Waals surface area contributed by atoms with Gasteiger partial charge in [-0.1, -0.05) is 32.0 Å². The molecule has 0 spiro atoms. The molecule has 0 saturated carbocycles. The first-order chi connectivity index (χ1) is 7.76. The fourth-order valence-electron chi connectivity index (χ4n) is 2.68. The molecule has 0 fully saturated rings. The summed E-state index contributed by atoms with van der Waals surface area (Å²) in [6, 6.07) is 7.27. The Morgan fingerprint density at radius 2 is 2.25 bits per heavy atom. The number of hydrogen-bond donors (Lipinski definition) is 1. The van der Waals surface area contributed by atoms with Gasteiger partial charge in [0, 0.05) is 13.2 Å². The summed E-state index contributed by atoms with van der Waals surface area (Å²) in [5.74, 6) is 0.702. The van der Waals surface area contributed by atoms with Crippen molar-refractivity contribution in [2.75, 3.05) is 13.7 Å². The molecule has 0 radical (unpaired) electrons. The van der Waals surface area contributed by atoms with E-state index < -0.39 is 0 Å². The Balaban J connectivity index is 2.27. The molecule has 2 unspecified atom stereocenters. The van der Waals surface area contributed by atoms with Gasteiger partial charge in [0.1, 0.15) is 0 Å². The largest absolute Gasteiger partial charge is 0.380 e. The van der Waals surface area contributed by atoms with E-state index in [2.05, 4.69) is 37.4 Å². The van der Waals surface area contributed by atoms with Gasteiger partial charge in [-0.05, 0) is 35.6 Å². The normalized spacial score (nSPS) is 23.4. The third-order valence-electron chi connectivity index (χ3n) is 3.39. The molecule has 2 nitrogen and oxygen atoms in total. The highest BCUT2D eigenvalue weighted by Crippen LogP contribution is 2.36. The lowest BCUT2D eigenvalue weighted by atomic mass is 10.0. The molecular formula is C14H21NO. The second-order valence-corrected chi connectivity index (χ2v) is 4.68. The highest BCUT2D eigenvalue weighted by molar-refractivity contribution is 5.38. The van der Waals surface area contributed by atoms with Crippen LogP contribution in [0.3, 0.4) is 0 Å². The SMILES string of the molecule is CCNC1c2cc(COC)ccc2CC1C. The van der Waals surface area contributed by atoms with E-state index in [4.69, 9.17) is 4.74 Å². The van der Waals surface area contributed by atoms with E-state index in [0.717, 1.165) is 6.54 Å². The van der Waals surface area contributed by atoms with Gasteiger partial charge in [0.15, 0.2) is 0 Å². The number of methoxy groups -OCH3 is 1. The van der Waals surface area contributed by atoms with Crippen LogP contribution < -0.4 is 5.32 Å². The second kappa shape index (κ2) is 4.98. The van der Waals surface area contributed by atoms with E-state index >= 15 is 0 Å². The topological polar surface area (TPSA) is 21.3 Å². The Kier molecular flexibility index (Phi) is 3.62. The average Bonchev–Trinajstić information content (AvgIpc) is 2.57. The van der Waals surface area contributed by atoms with Gasteiger partial charge in [-0.2, -0.15) is 0 Å². The second-order valence-electron chi connectivity index (χ2n) is 4.68. The molecule has 0 bridgehead atoms. The number of nitrogens with one attached hydrogen (secondary N) is 1. The zero-order valence-corrected chi connectivity index (χ0v) is 10.4. The summed E-state index contributed by atoms with van der Waals surface area (Å²) < 4.78 is 5.19. The third-order valence-corrected chi connectivity index (χ3v) is 3.39. The number of ether oxygens (including phenoxy) is 1. The average molecular weight is 219 g/mol. The Hall–Kier alpha value is -0.860. The molecule has 1 aromatic rings. The molecule has 0 saturated heterocycles. The zero-order valence-electron chi connectivity index (χ0n) is 10.4. The Morgan fingerprint density at radius 1 is 1.44 bits per heavy atom. The molecule has 88 valence electrons. The monoisotopic (exact) mass is 219 g/mol. The van der Waals surface area contributed by atoms with Crippen LogP contribution in [0, 0.1) is 5.92 Å². The van der Waals surface area contributed by atoms with Crippen molar-refractivity contribution < 1.29 is 4.74 Å².